The number of halogens is 2. The first kappa shape index (κ1) is 23.2. The van der Waals surface area contributed by atoms with Crippen LogP contribution in [0, 0.1) is 0 Å². The van der Waals surface area contributed by atoms with E-state index in [9.17, 15) is 4.79 Å². The zero-order valence-electron chi connectivity index (χ0n) is 14.7. The molecule has 2 rings (SSSR count). The molecule has 1 fully saturated rings. The summed E-state index contributed by atoms with van der Waals surface area (Å²) in [6.45, 7) is 5.15. The number of likely N-dealkylation sites (tertiary alicyclic amines) is 1. The molecule has 138 valence electrons. The summed E-state index contributed by atoms with van der Waals surface area (Å²) in [6.07, 6.45) is 3.80. The van der Waals surface area contributed by atoms with Crippen LogP contribution in [0.1, 0.15) is 38.2 Å². The minimum absolute atomic E-state index is 0. The highest BCUT2D eigenvalue weighted by atomic mass is 35.5. The van der Waals surface area contributed by atoms with Gasteiger partial charge in [-0.15, -0.1) is 24.8 Å². The van der Waals surface area contributed by atoms with Crippen molar-refractivity contribution in [3.05, 3.63) is 35.9 Å². The Bertz CT molecular complexity index is 465. The number of likely N-dealkylation sites (N-methyl/N-ethyl adjacent to an activating group) is 1. The van der Waals surface area contributed by atoms with E-state index in [1.807, 2.05) is 11.9 Å². The van der Waals surface area contributed by atoms with Crippen LogP contribution in [-0.2, 0) is 11.3 Å². The molecule has 1 atom stereocenters. The van der Waals surface area contributed by atoms with Crippen molar-refractivity contribution >= 4 is 30.7 Å². The number of rotatable bonds is 6. The zero-order chi connectivity index (χ0) is 15.9. The van der Waals surface area contributed by atoms with Gasteiger partial charge in [-0.05, 0) is 24.8 Å². The Hall–Kier alpha value is -0.810. The van der Waals surface area contributed by atoms with Gasteiger partial charge < -0.3 is 10.6 Å². The van der Waals surface area contributed by atoms with Crippen molar-refractivity contribution in [2.45, 2.75) is 51.2 Å². The van der Waals surface area contributed by atoms with Gasteiger partial charge in [0, 0.05) is 32.7 Å². The van der Waals surface area contributed by atoms with Crippen LogP contribution in [0.25, 0.3) is 0 Å². The summed E-state index contributed by atoms with van der Waals surface area (Å²) in [6, 6.07) is 10.6. The van der Waals surface area contributed by atoms with Crippen LogP contribution >= 0.6 is 24.8 Å². The van der Waals surface area contributed by atoms with E-state index in [2.05, 4.69) is 42.2 Å². The summed E-state index contributed by atoms with van der Waals surface area (Å²) in [7, 11) is 1.91. The maximum atomic E-state index is 12.3. The average Bonchev–Trinajstić information content (AvgIpc) is 2.55. The molecular weight excluding hydrogens is 345 g/mol. The van der Waals surface area contributed by atoms with Crippen molar-refractivity contribution in [3.63, 3.8) is 0 Å². The fraction of sp³-hybridized carbons (Fsp3) is 0.611. The summed E-state index contributed by atoms with van der Waals surface area (Å²) in [4.78, 5) is 16.6. The van der Waals surface area contributed by atoms with E-state index < -0.39 is 0 Å². The minimum Gasteiger partial charge on any atom is -0.341 e. The highest BCUT2D eigenvalue weighted by Gasteiger charge is 2.27. The summed E-state index contributed by atoms with van der Waals surface area (Å²) < 4.78 is 0. The standard InChI is InChI=1S/C18H29N3O.2ClH/c1-3-7-17(19)18(22)20(2)16-10-12-21(13-11-16)14-15-8-5-4-6-9-15;;/h4-6,8-9,16-17H,3,7,10-14,19H2,1-2H3;2*1H. The van der Waals surface area contributed by atoms with Gasteiger partial charge in [0.2, 0.25) is 5.91 Å². The number of carbonyl (C=O) groups excluding carboxylic acids is 1. The van der Waals surface area contributed by atoms with E-state index in [1.165, 1.54) is 5.56 Å². The second kappa shape index (κ2) is 11.7. The first-order valence-electron chi connectivity index (χ1n) is 8.40. The Morgan fingerprint density at radius 3 is 2.38 bits per heavy atom. The van der Waals surface area contributed by atoms with Gasteiger partial charge in [-0.2, -0.15) is 0 Å². The van der Waals surface area contributed by atoms with Crippen LogP contribution in [0.15, 0.2) is 30.3 Å². The average molecular weight is 376 g/mol. The smallest absolute Gasteiger partial charge is 0.239 e. The van der Waals surface area contributed by atoms with Crippen LogP contribution in [-0.4, -0.2) is 47.9 Å². The molecule has 1 heterocycles. The van der Waals surface area contributed by atoms with Crippen molar-refractivity contribution in [1.29, 1.82) is 0 Å². The summed E-state index contributed by atoms with van der Waals surface area (Å²) in [5, 5.41) is 0. The molecule has 6 heteroatoms. The van der Waals surface area contributed by atoms with Gasteiger partial charge in [0.15, 0.2) is 0 Å². The molecule has 1 amide bonds. The van der Waals surface area contributed by atoms with E-state index in [0.717, 1.165) is 45.3 Å². The molecule has 1 aromatic rings. The lowest BCUT2D eigenvalue weighted by atomic mass is 10.0. The van der Waals surface area contributed by atoms with Gasteiger partial charge in [-0.25, -0.2) is 0 Å². The fourth-order valence-corrected chi connectivity index (χ4v) is 3.18. The highest BCUT2D eigenvalue weighted by molar-refractivity contribution is 5.85. The van der Waals surface area contributed by atoms with Crippen LogP contribution in [0.5, 0.6) is 0 Å². The third-order valence-electron chi connectivity index (χ3n) is 4.62. The van der Waals surface area contributed by atoms with Crippen molar-refractivity contribution in [3.8, 4) is 0 Å². The molecule has 0 radical (unpaired) electrons. The van der Waals surface area contributed by atoms with Crippen molar-refractivity contribution in [1.82, 2.24) is 9.80 Å². The number of nitrogens with zero attached hydrogens (tertiary/aromatic N) is 2. The molecule has 0 aliphatic carbocycles. The topological polar surface area (TPSA) is 49.6 Å². The van der Waals surface area contributed by atoms with Gasteiger partial charge >= 0.3 is 0 Å². The van der Waals surface area contributed by atoms with E-state index >= 15 is 0 Å². The molecular formula is C18H31Cl2N3O. The molecule has 1 unspecified atom stereocenters. The molecule has 4 nitrogen and oxygen atoms in total. The van der Waals surface area contributed by atoms with Crippen LogP contribution in [0.4, 0.5) is 0 Å². The lowest BCUT2D eigenvalue weighted by molar-refractivity contribution is -0.134. The van der Waals surface area contributed by atoms with Gasteiger partial charge in [0.25, 0.3) is 0 Å². The summed E-state index contributed by atoms with van der Waals surface area (Å²) in [5.74, 6) is 0.100. The van der Waals surface area contributed by atoms with Crippen molar-refractivity contribution < 1.29 is 4.79 Å². The quantitative estimate of drug-likeness (QED) is 0.830. The Kier molecular flexibility index (Phi) is 11.3. The Balaban J connectivity index is 0.00000264. The molecule has 1 saturated heterocycles. The molecule has 2 N–H and O–H groups in total. The lowest BCUT2D eigenvalue weighted by Crippen LogP contribution is -2.50. The number of nitrogens with two attached hydrogens (primary N) is 1. The third-order valence-corrected chi connectivity index (χ3v) is 4.62. The zero-order valence-corrected chi connectivity index (χ0v) is 16.3. The van der Waals surface area contributed by atoms with Crippen LogP contribution < -0.4 is 5.73 Å². The molecule has 24 heavy (non-hydrogen) atoms. The Morgan fingerprint density at radius 2 is 1.83 bits per heavy atom. The van der Waals surface area contributed by atoms with E-state index in [-0.39, 0.29) is 36.8 Å². The normalized spacial score (nSPS) is 16.6. The predicted molar refractivity (Wildman–Crippen MR) is 105 cm³/mol. The van der Waals surface area contributed by atoms with Gasteiger partial charge in [0.1, 0.15) is 0 Å². The second-order valence-corrected chi connectivity index (χ2v) is 6.34. The van der Waals surface area contributed by atoms with Crippen molar-refractivity contribution in [2.24, 2.45) is 5.73 Å². The van der Waals surface area contributed by atoms with Crippen LogP contribution in [0.3, 0.4) is 0 Å². The number of amides is 1. The third kappa shape index (κ3) is 6.60. The minimum atomic E-state index is -0.336. The maximum absolute atomic E-state index is 12.3. The molecule has 0 aromatic heterocycles. The fourth-order valence-electron chi connectivity index (χ4n) is 3.18. The highest BCUT2D eigenvalue weighted by Crippen LogP contribution is 2.18. The van der Waals surface area contributed by atoms with Crippen LogP contribution in [0.2, 0.25) is 0 Å². The second-order valence-electron chi connectivity index (χ2n) is 6.34. The number of hydrogen-bond donors (Lipinski definition) is 1. The number of hydrogen-bond acceptors (Lipinski definition) is 3. The lowest BCUT2D eigenvalue weighted by Gasteiger charge is -2.37. The number of carbonyl (C=O) groups is 1. The molecule has 1 aliphatic heterocycles. The molecule has 0 spiro atoms. The van der Waals surface area contributed by atoms with Gasteiger partial charge in [-0.3, -0.25) is 9.69 Å². The molecule has 0 bridgehead atoms. The van der Waals surface area contributed by atoms with E-state index in [1.54, 1.807) is 0 Å². The van der Waals surface area contributed by atoms with Gasteiger partial charge in [0.05, 0.1) is 6.04 Å². The monoisotopic (exact) mass is 375 g/mol. The molecule has 0 saturated carbocycles. The largest absolute Gasteiger partial charge is 0.341 e. The Labute approximate surface area is 158 Å². The van der Waals surface area contributed by atoms with E-state index in [4.69, 9.17) is 5.73 Å². The summed E-state index contributed by atoms with van der Waals surface area (Å²) >= 11 is 0. The number of benzene rings is 1. The first-order chi connectivity index (χ1) is 10.6. The summed E-state index contributed by atoms with van der Waals surface area (Å²) in [5.41, 5.74) is 7.32. The SMILES string of the molecule is CCCC(N)C(=O)N(C)C1CCN(Cc2ccccc2)CC1.Cl.Cl. The maximum Gasteiger partial charge on any atom is 0.239 e. The Morgan fingerprint density at radius 1 is 1.25 bits per heavy atom. The van der Waals surface area contributed by atoms with Gasteiger partial charge in [-0.1, -0.05) is 43.7 Å². The molecule has 1 aliphatic rings. The van der Waals surface area contributed by atoms with E-state index in [0.29, 0.717) is 6.04 Å². The molecule has 1 aromatic carbocycles. The predicted octanol–water partition coefficient (Wildman–Crippen LogP) is 3.08. The number of piperidine rings is 1. The first-order valence-corrected chi connectivity index (χ1v) is 8.40. The van der Waals surface area contributed by atoms with Crippen molar-refractivity contribution in [2.75, 3.05) is 20.1 Å².